The molecule has 2 heteroatoms. The summed E-state index contributed by atoms with van der Waals surface area (Å²) in [4.78, 5) is 11.1. The molecule has 12 heavy (non-hydrogen) atoms. The first-order chi connectivity index (χ1) is 5.57. The minimum Gasteiger partial charge on any atom is -0.469 e. The molecule has 0 amide bonds. The summed E-state index contributed by atoms with van der Waals surface area (Å²) in [5.41, 5.74) is 1.28. The molecule has 3 atom stereocenters. The lowest BCUT2D eigenvalue weighted by atomic mass is 10.2. The second-order valence-corrected chi connectivity index (χ2v) is 3.73. The fourth-order valence-corrected chi connectivity index (χ4v) is 1.64. The number of rotatable bonds is 2. The molecule has 0 N–H and O–H groups in total. The molecule has 0 bridgehead atoms. The van der Waals surface area contributed by atoms with Crippen molar-refractivity contribution in [1.82, 2.24) is 0 Å². The van der Waals surface area contributed by atoms with Crippen LogP contribution in [-0.2, 0) is 9.53 Å². The number of hydrogen-bond acceptors (Lipinski definition) is 2. The number of ether oxygens (including phenoxy) is 1. The molecule has 0 aromatic rings. The first-order valence-electron chi connectivity index (χ1n) is 4.30. The fraction of sp³-hybridized carbons (Fsp3) is 0.700. The molecular weight excluding hydrogens is 152 g/mol. The van der Waals surface area contributed by atoms with Gasteiger partial charge in [0.1, 0.15) is 0 Å². The van der Waals surface area contributed by atoms with E-state index in [1.165, 1.54) is 12.7 Å². The van der Waals surface area contributed by atoms with E-state index in [-0.39, 0.29) is 11.9 Å². The van der Waals surface area contributed by atoms with E-state index in [2.05, 4.69) is 31.6 Å². The monoisotopic (exact) mass is 168 g/mol. The van der Waals surface area contributed by atoms with Crippen LogP contribution in [0, 0.1) is 17.8 Å². The number of carbonyl (C=O) groups is 1. The van der Waals surface area contributed by atoms with Crippen LogP contribution in [-0.4, -0.2) is 13.1 Å². The van der Waals surface area contributed by atoms with Crippen LogP contribution in [0.4, 0.5) is 0 Å². The van der Waals surface area contributed by atoms with Crippen LogP contribution >= 0.6 is 0 Å². The molecule has 1 rings (SSSR count). The minimum absolute atomic E-state index is 0.0648. The number of methoxy groups -OCH3 is 1. The molecule has 0 radical (unpaired) electrons. The van der Waals surface area contributed by atoms with E-state index in [9.17, 15) is 4.79 Å². The Morgan fingerprint density at radius 1 is 1.42 bits per heavy atom. The molecule has 1 fully saturated rings. The lowest BCUT2D eigenvalue weighted by Crippen LogP contribution is -2.04. The summed E-state index contributed by atoms with van der Waals surface area (Å²) < 4.78 is 4.69. The Hall–Kier alpha value is -0.790. The summed E-state index contributed by atoms with van der Waals surface area (Å²) in [6.07, 6.45) is 2.16. The van der Waals surface area contributed by atoms with Gasteiger partial charge in [0.2, 0.25) is 0 Å². The van der Waals surface area contributed by atoms with Gasteiger partial charge < -0.3 is 4.74 Å². The summed E-state index contributed by atoms with van der Waals surface area (Å²) >= 11 is 0. The van der Waals surface area contributed by atoms with Gasteiger partial charge in [-0.05, 0) is 25.7 Å². The van der Waals surface area contributed by atoms with Crippen molar-refractivity contribution in [1.29, 1.82) is 0 Å². The van der Waals surface area contributed by atoms with Gasteiger partial charge in [0.05, 0.1) is 13.0 Å². The molecule has 0 spiro atoms. The van der Waals surface area contributed by atoms with Gasteiger partial charge in [-0.1, -0.05) is 18.6 Å². The van der Waals surface area contributed by atoms with E-state index in [1.807, 2.05) is 0 Å². The van der Waals surface area contributed by atoms with Crippen molar-refractivity contribution in [3.05, 3.63) is 11.6 Å². The normalized spacial score (nSPS) is 32.5. The summed E-state index contributed by atoms with van der Waals surface area (Å²) in [5, 5.41) is 0. The van der Waals surface area contributed by atoms with Crippen molar-refractivity contribution in [3.63, 3.8) is 0 Å². The van der Waals surface area contributed by atoms with Crippen molar-refractivity contribution in [3.8, 4) is 0 Å². The van der Waals surface area contributed by atoms with Gasteiger partial charge in [-0.2, -0.15) is 0 Å². The van der Waals surface area contributed by atoms with Gasteiger partial charge in [0.25, 0.3) is 0 Å². The third-order valence-electron chi connectivity index (χ3n) is 2.45. The summed E-state index contributed by atoms with van der Waals surface area (Å²) in [6, 6.07) is 0. The Kier molecular flexibility index (Phi) is 2.55. The van der Waals surface area contributed by atoms with Crippen molar-refractivity contribution in [2.75, 3.05) is 7.11 Å². The van der Waals surface area contributed by atoms with Crippen LogP contribution in [0.5, 0.6) is 0 Å². The van der Waals surface area contributed by atoms with E-state index in [0.29, 0.717) is 11.8 Å². The Morgan fingerprint density at radius 2 is 2.00 bits per heavy atom. The van der Waals surface area contributed by atoms with Crippen LogP contribution in [0.25, 0.3) is 0 Å². The molecule has 1 unspecified atom stereocenters. The number of esters is 1. The highest BCUT2D eigenvalue weighted by molar-refractivity contribution is 5.76. The molecule has 1 saturated carbocycles. The molecular formula is C10H16O2. The van der Waals surface area contributed by atoms with Crippen LogP contribution in [0.15, 0.2) is 11.6 Å². The van der Waals surface area contributed by atoms with Gasteiger partial charge in [-0.3, -0.25) is 4.79 Å². The quantitative estimate of drug-likeness (QED) is 0.465. The predicted molar refractivity (Wildman–Crippen MR) is 47.6 cm³/mol. The topological polar surface area (TPSA) is 26.3 Å². The fourth-order valence-electron chi connectivity index (χ4n) is 1.64. The summed E-state index contributed by atoms with van der Waals surface area (Å²) in [7, 11) is 1.45. The Morgan fingerprint density at radius 3 is 2.42 bits per heavy atom. The number of carbonyl (C=O) groups excluding carboxylic acids is 1. The van der Waals surface area contributed by atoms with Crippen LogP contribution in [0.2, 0.25) is 0 Å². The van der Waals surface area contributed by atoms with E-state index < -0.39 is 0 Å². The second-order valence-electron chi connectivity index (χ2n) is 3.73. The van der Waals surface area contributed by atoms with Gasteiger partial charge in [-0.15, -0.1) is 0 Å². The van der Waals surface area contributed by atoms with Crippen molar-refractivity contribution in [2.45, 2.75) is 20.8 Å². The maximum Gasteiger partial charge on any atom is 0.309 e. The zero-order valence-electron chi connectivity index (χ0n) is 8.13. The van der Waals surface area contributed by atoms with E-state index in [1.54, 1.807) is 0 Å². The van der Waals surface area contributed by atoms with Gasteiger partial charge in [-0.25, -0.2) is 0 Å². The molecule has 2 nitrogen and oxygen atoms in total. The molecule has 0 aromatic carbocycles. The standard InChI is InChI=1S/C10H16O2/c1-6(2)5-8-7(3)9(8)10(11)12-4/h5,7-9H,1-4H3/t7?,8-,9+/m0/s1. The number of hydrogen-bond donors (Lipinski definition) is 0. The maximum absolute atomic E-state index is 11.1. The number of allylic oxidation sites excluding steroid dienone is 2. The Labute approximate surface area is 73.6 Å². The molecule has 0 saturated heterocycles. The largest absolute Gasteiger partial charge is 0.469 e. The second kappa shape index (κ2) is 3.30. The SMILES string of the molecule is COC(=O)[C@@H]1C(C)[C@@H]1C=C(C)C. The third kappa shape index (κ3) is 1.68. The lowest BCUT2D eigenvalue weighted by Gasteiger charge is -1.94. The predicted octanol–water partition coefficient (Wildman–Crippen LogP) is 2.01. The molecule has 0 aromatic heterocycles. The van der Waals surface area contributed by atoms with Crippen molar-refractivity contribution < 1.29 is 9.53 Å². The van der Waals surface area contributed by atoms with E-state index in [4.69, 9.17) is 0 Å². The van der Waals surface area contributed by atoms with Crippen molar-refractivity contribution in [2.24, 2.45) is 17.8 Å². The van der Waals surface area contributed by atoms with Crippen LogP contribution < -0.4 is 0 Å². The molecule has 0 heterocycles. The van der Waals surface area contributed by atoms with Crippen LogP contribution in [0.3, 0.4) is 0 Å². The average Bonchev–Trinajstić information content (AvgIpc) is 2.59. The zero-order valence-corrected chi connectivity index (χ0v) is 8.13. The maximum atomic E-state index is 11.1. The molecule has 68 valence electrons. The van der Waals surface area contributed by atoms with E-state index in [0.717, 1.165) is 0 Å². The summed E-state index contributed by atoms with van der Waals surface area (Å²) in [5.74, 6) is 0.935. The Balaban J connectivity index is 2.54. The van der Waals surface area contributed by atoms with Gasteiger partial charge in [0.15, 0.2) is 0 Å². The van der Waals surface area contributed by atoms with Gasteiger partial charge >= 0.3 is 5.97 Å². The zero-order chi connectivity index (χ0) is 9.30. The molecule has 1 aliphatic carbocycles. The smallest absolute Gasteiger partial charge is 0.309 e. The summed E-state index contributed by atoms with van der Waals surface area (Å²) in [6.45, 7) is 6.20. The molecule has 1 aliphatic rings. The first kappa shape index (κ1) is 9.30. The van der Waals surface area contributed by atoms with Gasteiger partial charge in [0, 0.05) is 0 Å². The highest BCUT2D eigenvalue weighted by Crippen LogP contribution is 2.48. The average molecular weight is 168 g/mol. The highest BCUT2D eigenvalue weighted by atomic mass is 16.5. The first-order valence-corrected chi connectivity index (χ1v) is 4.30. The van der Waals surface area contributed by atoms with Crippen molar-refractivity contribution >= 4 is 5.97 Å². The Bertz CT molecular complexity index is 214. The minimum atomic E-state index is -0.0648. The molecule has 0 aliphatic heterocycles. The van der Waals surface area contributed by atoms with Crippen LogP contribution in [0.1, 0.15) is 20.8 Å². The third-order valence-corrected chi connectivity index (χ3v) is 2.45. The lowest BCUT2D eigenvalue weighted by molar-refractivity contribution is -0.142. The highest BCUT2D eigenvalue weighted by Gasteiger charge is 2.50. The van der Waals surface area contributed by atoms with E-state index >= 15 is 0 Å².